The molecule has 0 aliphatic rings. The lowest BCUT2D eigenvalue weighted by molar-refractivity contribution is 0.742. The van der Waals surface area contributed by atoms with E-state index in [0.717, 1.165) is 5.56 Å². The third-order valence-corrected chi connectivity index (χ3v) is 2.34. The molecule has 0 radical (unpaired) electrons. The number of benzene rings is 1. The first-order chi connectivity index (χ1) is 6.15. The van der Waals surface area contributed by atoms with E-state index in [2.05, 4.69) is 6.58 Å². The third-order valence-electron chi connectivity index (χ3n) is 1.78. The maximum Gasteiger partial charge on any atom is 0.0468 e. The lowest BCUT2D eigenvalue weighted by atomic mass is 10.1. The molecule has 0 spiro atoms. The van der Waals surface area contributed by atoms with Crippen molar-refractivity contribution in [2.75, 3.05) is 0 Å². The molecule has 0 amide bonds. The number of rotatable bonds is 3. The predicted octanol–water partition coefficient (Wildman–Crippen LogP) is 3.57. The summed E-state index contributed by atoms with van der Waals surface area (Å²) in [5.41, 5.74) is 6.77. The van der Waals surface area contributed by atoms with Gasteiger partial charge in [0, 0.05) is 16.1 Å². The molecule has 0 heterocycles. The molecule has 0 unspecified atom stereocenters. The fourth-order valence-corrected chi connectivity index (χ4v) is 1.66. The average Bonchev–Trinajstić information content (AvgIpc) is 2.04. The molecular formula is C10H11Cl2N. The van der Waals surface area contributed by atoms with Gasteiger partial charge in [-0.15, -0.1) is 6.58 Å². The van der Waals surface area contributed by atoms with Crippen molar-refractivity contribution in [2.24, 2.45) is 5.73 Å². The zero-order chi connectivity index (χ0) is 9.84. The third kappa shape index (κ3) is 2.73. The van der Waals surface area contributed by atoms with E-state index >= 15 is 0 Å². The molecule has 0 saturated heterocycles. The minimum absolute atomic E-state index is 0.0951. The highest BCUT2D eigenvalue weighted by Crippen LogP contribution is 2.26. The van der Waals surface area contributed by atoms with Gasteiger partial charge in [0.15, 0.2) is 0 Å². The van der Waals surface area contributed by atoms with E-state index in [1.54, 1.807) is 18.2 Å². The molecule has 0 aliphatic carbocycles. The standard InChI is InChI=1S/C10H11Cl2N/c1-2-3-10(13)8-5-4-7(11)6-9(8)12/h2,4-6,10H,1,3,13H2/t10-/m0/s1. The Balaban J connectivity index is 2.94. The molecule has 1 rings (SSSR count). The smallest absolute Gasteiger partial charge is 0.0468 e. The Bertz CT molecular complexity index is 310. The van der Waals surface area contributed by atoms with Crippen molar-refractivity contribution in [3.63, 3.8) is 0 Å². The summed E-state index contributed by atoms with van der Waals surface area (Å²) in [5, 5.41) is 1.24. The zero-order valence-corrected chi connectivity index (χ0v) is 8.65. The number of hydrogen-bond donors (Lipinski definition) is 1. The van der Waals surface area contributed by atoms with Gasteiger partial charge in [0.25, 0.3) is 0 Å². The Morgan fingerprint density at radius 3 is 2.69 bits per heavy atom. The van der Waals surface area contributed by atoms with Crippen LogP contribution in [0.15, 0.2) is 30.9 Å². The van der Waals surface area contributed by atoms with Crippen molar-refractivity contribution >= 4 is 23.2 Å². The molecule has 0 fully saturated rings. The van der Waals surface area contributed by atoms with Crippen LogP contribution in [0.25, 0.3) is 0 Å². The first kappa shape index (κ1) is 10.6. The van der Waals surface area contributed by atoms with Crippen molar-refractivity contribution in [3.8, 4) is 0 Å². The Kier molecular flexibility index (Phi) is 3.79. The second kappa shape index (κ2) is 4.66. The number of halogens is 2. The van der Waals surface area contributed by atoms with Crippen LogP contribution in [0, 0.1) is 0 Å². The van der Waals surface area contributed by atoms with E-state index < -0.39 is 0 Å². The summed E-state index contributed by atoms with van der Waals surface area (Å²) in [5.74, 6) is 0. The van der Waals surface area contributed by atoms with E-state index in [1.807, 2.05) is 6.07 Å². The molecule has 0 bridgehead atoms. The molecule has 1 aromatic carbocycles. The normalized spacial score (nSPS) is 12.5. The summed E-state index contributed by atoms with van der Waals surface area (Å²) in [6.07, 6.45) is 2.48. The van der Waals surface area contributed by atoms with E-state index in [-0.39, 0.29) is 6.04 Å². The van der Waals surface area contributed by atoms with Gasteiger partial charge in [-0.25, -0.2) is 0 Å². The van der Waals surface area contributed by atoms with Gasteiger partial charge < -0.3 is 5.73 Å². The Morgan fingerprint density at radius 1 is 1.46 bits per heavy atom. The van der Waals surface area contributed by atoms with E-state index in [9.17, 15) is 0 Å². The van der Waals surface area contributed by atoms with Crippen molar-refractivity contribution in [2.45, 2.75) is 12.5 Å². The minimum atomic E-state index is -0.0951. The van der Waals surface area contributed by atoms with Gasteiger partial charge in [0.05, 0.1) is 0 Å². The van der Waals surface area contributed by atoms with Crippen LogP contribution in [0.4, 0.5) is 0 Å². The van der Waals surface area contributed by atoms with Gasteiger partial charge in [-0.05, 0) is 24.1 Å². The monoisotopic (exact) mass is 215 g/mol. The van der Waals surface area contributed by atoms with Crippen molar-refractivity contribution in [1.29, 1.82) is 0 Å². The van der Waals surface area contributed by atoms with Gasteiger partial charge in [-0.1, -0.05) is 35.3 Å². The molecule has 1 aromatic rings. The average molecular weight is 216 g/mol. The first-order valence-electron chi connectivity index (χ1n) is 3.96. The molecule has 70 valence electrons. The molecule has 1 nitrogen and oxygen atoms in total. The summed E-state index contributed by atoms with van der Waals surface area (Å²) in [7, 11) is 0. The molecule has 2 N–H and O–H groups in total. The Labute approximate surface area is 88.1 Å². The van der Waals surface area contributed by atoms with Crippen LogP contribution in [0.5, 0.6) is 0 Å². The Morgan fingerprint density at radius 2 is 2.15 bits per heavy atom. The van der Waals surface area contributed by atoms with Gasteiger partial charge in [0.2, 0.25) is 0 Å². The van der Waals surface area contributed by atoms with E-state index in [4.69, 9.17) is 28.9 Å². The highest BCUT2D eigenvalue weighted by molar-refractivity contribution is 6.35. The summed E-state index contributed by atoms with van der Waals surface area (Å²) in [4.78, 5) is 0. The first-order valence-corrected chi connectivity index (χ1v) is 4.72. The van der Waals surface area contributed by atoms with Gasteiger partial charge >= 0.3 is 0 Å². The minimum Gasteiger partial charge on any atom is -0.324 e. The van der Waals surface area contributed by atoms with Crippen LogP contribution in [-0.2, 0) is 0 Å². The largest absolute Gasteiger partial charge is 0.324 e. The molecule has 13 heavy (non-hydrogen) atoms. The van der Waals surface area contributed by atoms with Gasteiger partial charge in [0.1, 0.15) is 0 Å². The van der Waals surface area contributed by atoms with Crippen LogP contribution in [0.3, 0.4) is 0 Å². The van der Waals surface area contributed by atoms with Crippen LogP contribution in [0.2, 0.25) is 10.0 Å². The topological polar surface area (TPSA) is 26.0 Å². The van der Waals surface area contributed by atoms with Crippen LogP contribution in [-0.4, -0.2) is 0 Å². The lowest BCUT2D eigenvalue weighted by Crippen LogP contribution is -2.09. The highest BCUT2D eigenvalue weighted by Gasteiger charge is 2.08. The van der Waals surface area contributed by atoms with Gasteiger partial charge in [-0.3, -0.25) is 0 Å². The molecule has 0 aromatic heterocycles. The molecule has 1 atom stereocenters. The van der Waals surface area contributed by atoms with Crippen molar-refractivity contribution < 1.29 is 0 Å². The second-order valence-corrected chi connectivity index (χ2v) is 3.64. The number of hydrogen-bond acceptors (Lipinski definition) is 1. The van der Waals surface area contributed by atoms with Crippen molar-refractivity contribution in [1.82, 2.24) is 0 Å². The van der Waals surface area contributed by atoms with Gasteiger partial charge in [-0.2, -0.15) is 0 Å². The SMILES string of the molecule is C=CC[C@H](N)c1ccc(Cl)cc1Cl. The fourth-order valence-electron chi connectivity index (χ4n) is 1.11. The number of nitrogens with two attached hydrogens (primary N) is 1. The van der Waals surface area contributed by atoms with Crippen LogP contribution >= 0.6 is 23.2 Å². The second-order valence-electron chi connectivity index (χ2n) is 2.80. The quantitative estimate of drug-likeness (QED) is 0.768. The van der Waals surface area contributed by atoms with Crippen LogP contribution < -0.4 is 5.73 Å². The molecule has 0 aliphatic heterocycles. The highest BCUT2D eigenvalue weighted by atomic mass is 35.5. The molecule has 0 saturated carbocycles. The zero-order valence-electron chi connectivity index (χ0n) is 7.13. The molecule has 3 heteroatoms. The lowest BCUT2D eigenvalue weighted by Gasteiger charge is -2.11. The summed E-state index contributed by atoms with van der Waals surface area (Å²) in [6, 6.07) is 5.23. The predicted molar refractivity (Wildman–Crippen MR) is 58.2 cm³/mol. The maximum absolute atomic E-state index is 5.96. The van der Waals surface area contributed by atoms with E-state index in [1.165, 1.54) is 0 Å². The Hall–Kier alpha value is -0.500. The van der Waals surface area contributed by atoms with Crippen LogP contribution in [0.1, 0.15) is 18.0 Å². The molecular weight excluding hydrogens is 205 g/mol. The van der Waals surface area contributed by atoms with Crippen molar-refractivity contribution in [3.05, 3.63) is 46.5 Å². The summed E-state index contributed by atoms with van der Waals surface area (Å²) in [6.45, 7) is 3.62. The summed E-state index contributed by atoms with van der Waals surface area (Å²) < 4.78 is 0. The maximum atomic E-state index is 5.96. The van der Waals surface area contributed by atoms with E-state index in [0.29, 0.717) is 16.5 Å². The summed E-state index contributed by atoms with van der Waals surface area (Å²) >= 11 is 11.7. The fraction of sp³-hybridized carbons (Fsp3) is 0.200.